The molecule has 2 atom stereocenters. The zero-order valence-electron chi connectivity index (χ0n) is 21.1. The van der Waals surface area contributed by atoms with E-state index in [0.29, 0.717) is 30.8 Å². The molecule has 3 amide bonds. The van der Waals surface area contributed by atoms with Crippen LogP contribution in [0.4, 0.5) is 0 Å². The number of hydrogen-bond acceptors (Lipinski definition) is 5. The summed E-state index contributed by atoms with van der Waals surface area (Å²) in [6.45, 7) is 6.14. The molecule has 0 spiro atoms. The Morgan fingerprint density at radius 2 is 1.61 bits per heavy atom. The fourth-order valence-electron chi connectivity index (χ4n) is 4.23. The first-order valence-corrected chi connectivity index (χ1v) is 12.4. The summed E-state index contributed by atoms with van der Waals surface area (Å²) >= 11 is 0. The van der Waals surface area contributed by atoms with E-state index in [2.05, 4.69) is 10.6 Å². The van der Waals surface area contributed by atoms with E-state index in [4.69, 9.17) is 9.84 Å². The number of carboxylic acid groups (broad SMARTS) is 1. The quantitative estimate of drug-likeness (QED) is 0.464. The van der Waals surface area contributed by atoms with Gasteiger partial charge in [-0.05, 0) is 61.4 Å². The van der Waals surface area contributed by atoms with Gasteiger partial charge in [0, 0.05) is 13.1 Å². The standard InChI is InChI=1S/C27H35N3O6/c1-17(2)13-22(25(32)28-18(3)27(34)35)29-24(31)16-36-23-15-20-10-6-5-9-19(20)14-21(23)26(33)30-11-7-4-8-12-30/h5-6,9-10,14-15,17-18,22H,4,7-8,11-13,16H2,1-3H3,(H,28,32)(H,29,31)(H,34,35)/t18?,22-/m0/s1. The molecule has 1 heterocycles. The van der Waals surface area contributed by atoms with E-state index in [1.54, 1.807) is 12.1 Å². The molecule has 3 rings (SSSR count). The van der Waals surface area contributed by atoms with E-state index >= 15 is 0 Å². The van der Waals surface area contributed by atoms with Crippen LogP contribution in [-0.2, 0) is 14.4 Å². The highest BCUT2D eigenvalue weighted by molar-refractivity contribution is 6.02. The smallest absolute Gasteiger partial charge is 0.325 e. The molecule has 0 saturated carbocycles. The molecule has 1 unspecified atom stereocenters. The first-order chi connectivity index (χ1) is 17.2. The second kappa shape index (κ2) is 12.4. The van der Waals surface area contributed by atoms with E-state index in [9.17, 15) is 19.2 Å². The van der Waals surface area contributed by atoms with Crippen molar-refractivity contribution in [3.63, 3.8) is 0 Å². The van der Waals surface area contributed by atoms with Gasteiger partial charge in [0.2, 0.25) is 5.91 Å². The van der Waals surface area contributed by atoms with Gasteiger partial charge in [-0.1, -0.05) is 38.1 Å². The third-order valence-electron chi connectivity index (χ3n) is 6.17. The lowest BCUT2D eigenvalue weighted by Gasteiger charge is -2.27. The van der Waals surface area contributed by atoms with Crippen LogP contribution in [0.5, 0.6) is 5.75 Å². The third kappa shape index (κ3) is 7.19. The fourth-order valence-corrected chi connectivity index (χ4v) is 4.23. The monoisotopic (exact) mass is 497 g/mol. The first-order valence-electron chi connectivity index (χ1n) is 12.4. The number of benzene rings is 2. The SMILES string of the molecule is CC(C)C[C@H](NC(=O)COc1cc2ccccc2cc1C(=O)N1CCCCC1)C(=O)NC(C)C(=O)O. The number of fused-ring (bicyclic) bond motifs is 1. The van der Waals surface area contributed by atoms with Gasteiger partial charge < -0.3 is 25.4 Å². The predicted octanol–water partition coefficient (Wildman–Crippen LogP) is 2.96. The van der Waals surface area contributed by atoms with E-state index in [1.165, 1.54) is 6.92 Å². The molecule has 1 fully saturated rings. The van der Waals surface area contributed by atoms with Gasteiger partial charge in [-0.15, -0.1) is 0 Å². The van der Waals surface area contributed by atoms with Crippen molar-refractivity contribution in [3.05, 3.63) is 42.0 Å². The lowest BCUT2D eigenvalue weighted by molar-refractivity contribution is -0.141. The van der Waals surface area contributed by atoms with E-state index in [1.807, 2.05) is 43.0 Å². The number of carbonyl (C=O) groups is 4. The lowest BCUT2D eigenvalue weighted by Crippen LogP contribution is -2.52. The molecule has 1 aliphatic rings. The number of rotatable bonds is 10. The maximum Gasteiger partial charge on any atom is 0.325 e. The predicted molar refractivity (Wildman–Crippen MR) is 136 cm³/mol. The minimum Gasteiger partial charge on any atom is -0.483 e. The van der Waals surface area contributed by atoms with Crippen LogP contribution in [0.3, 0.4) is 0 Å². The summed E-state index contributed by atoms with van der Waals surface area (Å²) in [4.78, 5) is 51.6. The highest BCUT2D eigenvalue weighted by Gasteiger charge is 2.26. The highest BCUT2D eigenvalue weighted by Crippen LogP contribution is 2.28. The molecule has 0 radical (unpaired) electrons. The minimum absolute atomic E-state index is 0.0800. The highest BCUT2D eigenvalue weighted by atomic mass is 16.5. The Morgan fingerprint density at radius 3 is 2.22 bits per heavy atom. The Labute approximate surface area is 211 Å². The van der Waals surface area contributed by atoms with Gasteiger partial charge in [0.05, 0.1) is 5.56 Å². The van der Waals surface area contributed by atoms with Gasteiger partial charge >= 0.3 is 5.97 Å². The van der Waals surface area contributed by atoms with Gasteiger partial charge in [0.1, 0.15) is 17.8 Å². The Kier molecular flexibility index (Phi) is 9.27. The molecule has 1 aliphatic heterocycles. The lowest BCUT2D eigenvalue weighted by atomic mass is 10.0. The average Bonchev–Trinajstić information content (AvgIpc) is 2.86. The molecular weight excluding hydrogens is 462 g/mol. The van der Waals surface area contributed by atoms with Gasteiger partial charge in [0.15, 0.2) is 6.61 Å². The number of carbonyl (C=O) groups excluding carboxylic acids is 3. The van der Waals surface area contributed by atoms with Crippen molar-refractivity contribution in [3.8, 4) is 5.75 Å². The van der Waals surface area contributed by atoms with E-state index < -0.39 is 36.5 Å². The van der Waals surface area contributed by atoms with Crippen molar-refractivity contribution in [2.24, 2.45) is 5.92 Å². The number of aliphatic carboxylic acids is 1. The number of hydrogen-bond donors (Lipinski definition) is 3. The molecule has 2 aromatic carbocycles. The van der Waals surface area contributed by atoms with Gasteiger partial charge in [-0.3, -0.25) is 19.2 Å². The molecule has 36 heavy (non-hydrogen) atoms. The fraction of sp³-hybridized carbons (Fsp3) is 0.481. The van der Waals surface area contributed by atoms with Gasteiger partial charge in [0.25, 0.3) is 11.8 Å². The number of amides is 3. The summed E-state index contributed by atoms with van der Waals surface area (Å²) in [7, 11) is 0. The molecule has 1 saturated heterocycles. The Bertz CT molecular complexity index is 1110. The van der Waals surface area contributed by atoms with Crippen LogP contribution < -0.4 is 15.4 Å². The number of nitrogens with one attached hydrogen (secondary N) is 2. The second-order valence-corrected chi connectivity index (χ2v) is 9.66. The summed E-state index contributed by atoms with van der Waals surface area (Å²) in [5, 5.41) is 15.9. The normalized spacial score (nSPS) is 15.3. The number of carboxylic acids is 1. The van der Waals surface area contributed by atoms with Crippen molar-refractivity contribution in [1.29, 1.82) is 0 Å². The summed E-state index contributed by atoms with van der Waals surface area (Å²) < 4.78 is 5.84. The van der Waals surface area contributed by atoms with Gasteiger partial charge in [-0.2, -0.15) is 0 Å². The van der Waals surface area contributed by atoms with Crippen LogP contribution in [0.25, 0.3) is 10.8 Å². The van der Waals surface area contributed by atoms with Gasteiger partial charge in [-0.25, -0.2) is 0 Å². The molecule has 2 aromatic rings. The average molecular weight is 498 g/mol. The van der Waals surface area contributed by atoms with Crippen molar-refractivity contribution in [2.45, 2.75) is 58.5 Å². The summed E-state index contributed by atoms with van der Waals surface area (Å²) in [6.07, 6.45) is 3.34. The molecule has 3 N–H and O–H groups in total. The Morgan fingerprint density at radius 1 is 0.972 bits per heavy atom. The third-order valence-corrected chi connectivity index (χ3v) is 6.17. The van der Waals surface area contributed by atoms with Crippen LogP contribution in [0.2, 0.25) is 0 Å². The first kappa shape index (κ1) is 27.0. The van der Waals surface area contributed by atoms with Crippen LogP contribution in [0.15, 0.2) is 36.4 Å². The molecule has 0 bridgehead atoms. The Hall–Kier alpha value is -3.62. The van der Waals surface area contributed by atoms with Crippen molar-refractivity contribution in [1.82, 2.24) is 15.5 Å². The zero-order valence-corrected chi connectivity index (χ0v) is 21.1. The van der Waals surface area contributed by atoms with Crippen molar-refractivity contribution >= 4 is 34.5 Å². The summed E-state index contributed by atoms with van der Waals surface area (Å²) in [6, 6.07) is 9.18. The van der Waals surface area contributed by atoms with Crippen molar-refractivity contribution < 1.29 is 29.0 Å². The molecule has 194 valence electrons. The van der Waals surface area contributed by atoms with Crippen LogP contribution in [-0.4, -0.2) is 65.5 Å². The van der Waals surface area contributed by atoms with Crippen LogP contribution >= 0.6 is 0 Å². The summed E-state index contributed by atoms with van der Waals surface area (Å²) in [5.41, 5.74) is 0.398. The number of nitrogens with zero attached hydrogens (tertiary/aromatic N) is 1. The Balaban J connectivity index is 1.75. The second-order valence-electron chi connectivity index (χ2n) is 9.66. The molecule has 0 aliphatic carbocycles. The minimum atomic E-state index is -1.16. The largest absolute Gasteiger partial charge is 0.483 e. The maximum atomic E-state index is 13.3. The molecular formula is C27H35N3O6. The van der Waals surface area contributed by atoms with Crippen LogP contribution in [0.1, 0.15) is 56.8 Å². The molecule has 9 heteroatoms. The maximum absolute atomic E-state index is 13.3. The van der Waals surface area contributed by atoms with Crippen molar-refractivity contribution in [2.75, 3.05) is 19.7 Å². The molecule has 0 aromatic heterocycles. The topological polar surface area (TPSA) is 125 Å². The number of piperidine rings is 1. The van der Waals surface area contributed by atoms with E-state index in [0.717, 1.165) is 30.0 Å². The summed E-state index contributed by atoms with van der Waals surface area (Å²) in [5.74, 6) is -2.01. The molecule has 9 nitrogen and oxygen atoms in total. The van der Waals surface area contributed by atoms with Crippen LogP contribution in [0, 0.1) is 5.92 Å². The van der Waals surface area contributed by atoms with E-state index in [-0.39, 0.29) is 11.8 Å². The zero-order chi connectivity index (χ0) is 26.2. The number of likely N-dealkylation sites (tertiary alicyclic amines) is 1. The number of ether oxygens (including phenoxy) is 1.